The maximum absolute atomic E-state index is 8.88. The Balaban J connectivity index is -0.0000000314. The summed E-state index contributed by atoms with van der Waals surface area (Å²) in [6.07, 6.45) is 0. The van der Waals surface area contributed by atoms with Gasteiger partial charge in [0.1, 0.15) is 0 Å². The molecule has 144 valence electrons. The van der Waals surface area contributed by atoms with Gasteiger partial charge in [0.15, 0.2) is 0 Å². The third-order valence-corrected chi connectivity index (χ3v) is 0. The van der Waals surface area contributed by atoms with Gasteiger partial charge in [-0.2, -0.15) is 0 Å². The first-order valence-electron chi connectivity index (χ1n) is 3.76. The van der Waals surface area contributed by atoms with E-state index in [-0.39, 0.29) is 35.6 Å². The average Bonchev–Trinajstić information content (AvgIpc) is 2.10. The van der Waals surface area contributed by atoms with E-state index in [1.807, 2.05) is 0 Å². The van der Waals surface area contributed by atoms with Crippen LogP contribution in [0.3, 0.4) is 0 Å². The van der Waals surface area contributed by atoms with Crippen molar-refractivity contribution in [1.82, 2.24) is 0 Å². The molecule has 0 aromatic rings. The predicted octanol–water partition coefficient (Wildman–Crippen LogP) is -7.85. The summed E-state index contributed by atoms with van der Waals surface area (Å²) >= 11 is -5.25. The van der Waals surface area contributed by atoms with Crippen LogP contribution in [0, 0.1) is 35.6 Å². The van der Waals surface area contributed by atoms with Gasteiger partial charge in [0.05, 0.1) is 0 Å². The molecule has 0 rings (SSSR count). The zero-order chi connectivity index (χ0) is 21.6. The molecule has 0 spiro atoms. The third kappa shape index (κ3) is 4010. The molecule has 9 N–H and O–H groups in total. The van der Waals surface area contributed by atoms with Crippen molar-refractivity contribution in [3.05, 3.63) is 0 Å². The minimum absolute atomic E-state index is 0. The van der Waals surface area contributed by atoms with Crippen molar-refractivity contribution in [3.8, 4) is 0 Å². The van der Waals surface area contributed by atoms with Gasteiger partial charge in [0, 0.05) is 0 Å². The van der Waals surface area contributed by atoms with Crippen molar-refractivity contribution in [3.63, 3.8) is 0 Å². The molecule has 0 atom stereocenters. The van der Waals surface area contributed by atoms with Crippen molar-refractivity contribution in [1.29, 1.82) is 0 Å². The van der Waals surface area contributed by atoms with Crippen LogP contribution in [0.15, 0.2) is 0 Å². The van der Waals surface area contributed by atoms with E-state index in [2.05, 4.69) is 0 Å². The van der Waals surface area contributed by atoms with Crippen LogP contribution in [0.25, 0.3) is 0 Å². The summed E-state index contributed by atoms with van der Waals surface area (Å²) in [7, 11) is -13.9. The Morgan fingerprint density at radius 3 is 0.480 bits per heavy atom. The zero-order valence-corrected chi connectivity index (χ0v) is 21.1. The van der Waals surface area contributed by atoms with Crippen LogP contribution < -0.4 is 12.5 Å². The molecule has 25 heavy (non-hydrogen) atoms. The first-order chi connectivity index (χ1) is 10.2. The Hall–Kier alpha value is 1.92. The molecule has 25 heteroatoms. The molecule has 0 unspecified atom stereocenters. The van der Waals surface area contributed by atoms with Crippen molar-refractivity contribution in [2.24, 2.45) is 0 Å². The van der Waals surface area contributed by atoms with E-state index in [1.54, 1.807) is 0 Å². The van der Waals surface area contributed by atoms with E-state index in [4.69, 9.17) is 81.6 Å². The first kappa shape index (κ1) is 45.6. The molecular formula is H9Al3LaO18P3. The summed E-state index contributed by atoms with van der Waals surface area (Å²) in [6, 6.07) is 0. The van der Waals surface area contributed by atoms with Crippen LogP contribution in [0.2, 0.25) is 0 Å². The molecule has 0 aromatic carbocycles. The molecule has 0 fully saturated rings. The number of hydrogen-bond donors (Lipinski definition) is 9. The van der Waals surface area contributed by atoms with Crippen LogP contribution >= 0.6 is 23.5 Å². The standard InChI is InChI=1S/3Al.La.3H3O4P.6O/c;;;;3*1-5(2,3)4;;;;;;/h;;;;3*(H3,1,2,3,4);;;;;;/q;;;+3;;;;;;;3*-1. The average molecular weight is 610 g/mol. The van der Waals surface area contributed by atoms with Crippen molar-refractivity contribution < 1.29 is 117 Å². The summed E-state index contributed by atoms with van der Waals surface area (Å²) in [5.74, 6) is 0. The molecule has 0 saturated carbocycles. The molecule has 0 aliphatic rings. The summed E-state index contributed by atoms with van der Waals surface area (Å²) in [4.78, 5) is 64.7. The van der Waals surface area contributed by atoms with Crippen molar-refractivity contribution in [2.75, 3.05) is 0 Å². The van der Waals surface area contributed by atoms with Gasteiger partial charge in [0.2, 0.25) is 0 Å². The second-order valence-electron chi connectivity index (χ2n) is 1.83. The Bertz CT molecular complexity index is 315. The van der Waals surface area contributed by atoms with Crippen molar-refractivity contribution in [2.45, 2.75) is 0 Å². The fourth-order valence-corrected chi connectivity index (χ4v) is 0. The molecule has 0 radical (unpaired) electrons. The van der Waals surface area contributed by atoms with Gasteiger partial charge in [-0.25, -0.2) is 13.7 Å². The summed E-state index contributed by atoms with van der Waals surface area (Å²) in [5.41, 5.74) is 0. The topological polar surface area (TPSA) is 354 Å². The summed E-state index contributed by atoms with van der Waals surface area (Å²) < 4.78 is 77.4. The van der Waals surface area contributed by atoms with E-state index >= 15 is 0 Å². The van der Waals surface area contributed by atoms with Gasteiger partial charge in [-0.3, -0.25) is 0 Å². The van der Waals surface area contributed by atoms with E-state index in [0.717, 1.165) is 0 Å². The molecular weight excluding hydrogens is 601 g/mol. The van der Waals surface area contributed by atoms with E-state index in [0.29, 0.717) is 0 Å². The Labute approximate surface area is 185 Å². The normalized spacial score (nSPS) is 8.04. The van der Waals surface area contributed by atoms with E-state index in [1.165, 1.54) is 0 Å². The minimum atomic E-state index is -4.64. The molecule has 18 nitrogen and oxygen atoms in total. The van der Waals surface area contributed by atoms with Crippen LogP contribution in [-0.2, 0) is 25.1 Å². The fourth-order valence-electron chi connectivity index (χ4n) is 0. The fraction of sp³-hybridized carbons (Fsp3) is 0. The second kappa shape index (κ2) is 30.6. The van der Waals surface area contributed by atoms with Crippen LogP contribution in [0.4, 0.5) is 0 Å². The monoisotopic (exact) mass is 610 g/mol. The molecule has 0 amide bonds. The third-order valence-electron chi connectivity index (χ3n) is 0. The quantitative estimate of drug-likeness (QED) is 0.0908. The van der Waals surface area contributed by atoms with Crippen LogP contribution in [0.1, 0.15) is 0 Å². The van der Waals surface area contributed by atoms with E-state index < -0.39 is 69.9 Å². The van der Waals surface area contributed by atoms with Gasteiger partial charge in [0.25, 0.3) is 0 Å². The first-order valence-corrected chi connectivity index (χ1v) is 11.3. The SMILES string of the molecule is O=P(O)(O)O.O=P(O)(O)O.O=P(O)(O)O.[La+3].[O]=[Al][O-].[O]=[Al][O-].[O]=[Al][O-]. The Morgan fingerprint density at radius 2 is 0.480 bits per heavy atom. The second-order valence-corrected chi connectivity index (χ2v) is 5.49. The van der Waals surface area contributed by atoms with Gasteiger partial charge < -0.3 is 44.0 Å². The Morgan fingerprint density at radius 1 is 0.480 bits per heavy atom. The van der Waals surface area contributed by atoms with Crippen LogP contribution in [0.5, 0.6) is 0 Å². The molecule has 0 heterocycles. The molecule has 0 aliphatic carbocycles. The van der Waals surface area contributed by atoms with Crippen LogP contribution in [-0.4, -0.2) is 90.5 Å². The maximum atomic E-state index is 8.88. The summed E-state index contributed by atoms with van der Waals surface area (Å²) in [5, 5.41) is 0. The number of rotatable bonds is 0. The van der Waals surface area contributed by atoms with E-state index in [9.17, 15) is 0 Å². The molecule has 0 aromatic heterocycles. The van der Waals surface area contributed by atoms with Gasteiger partial charge in [-0.1, -0.05) is 0 Å². The summed E-state index contributed by atoms with van der Waals surface area (Å²) in [6.45, 7) is 0. The molecule has 0 aliphatic heterocycles. The zero-order valence-electron chi connectivity index (χ0n) is 11.4. The number of phosphoric acid groups is 3. The van der Waals surface area contributed by atoms with Gasteiger partial charge in [-0.15, -0.1) is 0 Å². The van der Waals surface area contributed by atoms with Gasteiger partial charge >= 0.3 is 129 Å². The Kier molecular flexibility index (Phi) is 55.9. The van der Waals surface area contributed by atoms with Crippen molar-refractivity contribution >= 4 is 69.9 Å². The predicted molar refractivity (Wildman–Crippen MR) is 62.1 cm³/mol. The molecule has 0 bridgehead atoms. The number of hydrogen-bond acceptors (Lipinski definition) is 9. The molecule has 0 saturated heterocycles. The van der Waals surface area contributed by atoms with Gasteiger partial charge in [-0.05, 0) is 0 Å².